The number of hydrogen-bond donors (Lipinski definition) is 0. The second-order valence-corrected chi connectivity index (χ2v) is 5.18. The lowest BCUT2D eigenvalue weighted by atomic mass is 10.0. The molecule has 0 bridgehead atoms. The molecule has 22 heavy (non-hydrogen) atoms. The minimum absolute atomic E-state index is 0.640. The normalized spacial score (nSPS) is 10.2. The Hall–Kier alpha value is -2.87. The summed E-state index contributed by atoms with van der Waals surface area (Å²) in [5.74, 6) is 1.49. The zero-order valence-corrected chi connectivity index (χ0v) is 12.3. The molecule has 3 rings (SSSR count). The van der Waals surface area contributed by atoms with Crippen LogP contribution in [-0.2, 0) is 0 Å². The molecule has 0 fully saturated rings. The Morgan fingerprint density at radius 1 is 0.773 bits per heavy atom. The van der Waals surface area contributed by atoms with E-state index < -0.39 is 0 Å². The van der Waals surface area contributed by atoms with Gasteiger partial charge in [0.1, 0.15) is 17.8 Å². The molecule has 0 heterocycles. The van der Waals surface area contributed by atoms with E-state index in [0.717, 1.165) is 23.2 Å². The van der Waals surface area contributed by atoms with Gasteiger partial charge in [-0.15, -0.1) is 0 Å². The van der Waals surface area contributed by atoms with Crippen molar-refractivity contribution < 1.29 is 9.53 Å². The molecule has 0 aliphatic heterocycles. The molecule has 0 spiro atoms. The van der Waals surface area contributed by atoms with Crippen LogP contribution in [0, 0.1) is 6.92 Å². The smallest absolute Gasteiger partial charge is 0.150 e. The summed E-state index contributed by atoms with van der Waals surface area (Å²) in [7, 11) is 0. The summed E-state index contributed by atoms with van der Waals surface area (Å²) in [6, 6.07) is 23.5. The molecule has 0 aromatic heterocycles. The van der Waals surface area contributed by atoms with Gasteiger partial charge in [-0.05, 0) is 54.4 Å². The van der Waals surface area contributed by atoms with E-state index in [4.69, 9.17) is 4.74 Å². The first-order valence-corrected chi connectivity index (χ1v) is 7.15. The first-order valence-electron chi connectivity index (χ1n) is 7.15. The van der Waals surface area contributed by atoms with Gasteiger partial charge in [-0.25, -0.2) is 0 Å². The SMILES string of the molecule is Cc1ccc(-c2cccc(Oc3ccc(C=O)cc3)c2)cc1. The van der Waals surface area contributed by atoms with Crippen molar-refractivity contribution in [2.24, 2.45) is 0 Å². The van der Waals surface area contributed by atoms with Gasteiger partial charge in [0.25, 0.3) is 0 Å². The maximum atomic E-state index is 10.7. The number of benzene rings is 3. The average Bonchev–Trinajstić information content (AvgIpc) is 2.56. The molecule has 0 atom stereocenters. The fraction of sp³-hybridized carbons (Fsp3) is 0.0500. The Balaban J connectivity index is 1.84. The highest BCUT2D eigenvalue weighted by atomic mass is 16.5. The van der Waals surface area contributed by atoms with Gasteiger partial charge in [0.15, 0.2) is 0 Å². The lowest BCUT2D eigenvalue weighted by Crippen LogP contribution is -1.86. The fourth-order valence-corrected chi connectivity index (χ4v) is 2.24. The van der Waals surface area contributed by atoms with Gasteiger partial charge < -0.3 is 4.74 Å². The maximum absolute atomic E-state index is 10.7. The Kier molecular flexibility index (Phi) is 4.01. The summed E-state index contributed by atoms with van der Waals surface area (Å²) in [4.78, 5) is 10.7. The van der Waals surface area contributed by atoms with E-state index in [1.807, 2.05) is 18.2 Å². The van der Waals surface area contributed by atoms with Gasteiger partial charge in [0, 0.05) is 5.56 Å². The van der Waals surface area contributed by atoms with Crippen LogP contribution in [0.4, 0.5) is 0 Å². The zero-order valence-electron chi connectivity index (χ0n) is 12.3. The monoisotopic (exact) mass is 288 g/mol. The Morgan fingerprint density at radius 2 is 1.50 bits per heavy atom. The van der Waals surface area contributed by atoms with Gasteiger partial charge in [-0.1, -0.05) is 42.0 Å². The van der Waals surface area contributed by atoms with Crippen molar-refractivity contribution in [2.45, 2.75) is 6.92 Å². The lowest BCUT2D eigenvalue weighted by Gasteiger charge is -2.08. The molecule has 108 valence electrons. The van der Waals surface area contributed by atoms with Gasteiger partial charge in [-0.2, -0.15) is 0 Å². The molecule has 0 saturated carbocycles. The maximum Gasteiger partial charge on any atom is 0.150 e. The minimum Gasteiger partial charge on any atom is -0.457 e. The third-order valence-electron chi connectivity index (χ3n) is 3.47. The molecule has 3 aromatic carbocycles. The highest BCUT2D eigenvalue weighted by Gasteiger charge is 2.02. The van der Waals surface area contributed by atoms with Crippen LogP contribution < -0.4 is 4.74 Å². The molecule has 0 unspecified atom stereocenters. The summed E-state index contributed by atoms with van der Waals surface area (Å²) in [5, 5.41) is 0. The number of ether oxygens (including phenoxy) is 1. The number of carbonyl (C=O) groups is 1. The van der Waals surface area contributed by atoms with Crippen molar-refractivity contribution in [3.8, 4) is 22.6 Å². The van der Waals surface area contributed by atoms with E-state index in [-0.39, 0.29) is 0 Å². The van der Waals surface area contributed by atoms with E-state index in [2.05, 4.69) is 37.3 Å². The largest absolute Gasteiger partial charge is 0.457 e. The van der Waals surface area contributed by atoms with Crippen LogP contribution in [0.25, 0.3) is 11.1 Å². The first-order chi connectivity index (χ1) is 10.7. The summed E-state index contributed by atoms with van der Waals surface area (Å²) in [6.07, 6.45) is 0.821. The molecule has 0 N–H and O–H groups in total. The first kappa shape index (κ1) is 14.1. The van der Waals surface area contributed by atoms with E-state index in [1.165, 1.54) is 5.56 Å². The molecule has 2 heteroatoms. The Morgan fingerprint density at radius 3 is 2.18 bits per heavy atom. The fourth-order valence-electron chi connectivity index (χ4n) is 2.24. The van der Waals surface area contributed by atoms with Crippen molar-refractivity contribution in [3.63, 3.8) is 0 Å². The van der Waals surface area contributed by atoms with Crippen molar-refractivity contribution in [2.75, 3.05) is 0 Å². The van der Waals surface area contributed by atoms with Crippen molar-refractivity contribution in [1.82, 2.24) is 0 Å². The van der Waals surface area contributed by atoms with Crippen LogP contribution in [0.1, 0.15) is 15.9 Å². The number of aryl methyl sites for hydroxylation is 1. The van der Waals surface area contributed by atoms with Gasteiger partial charge in [0.2, 0.25) is 0 Å². The molecule has 0 radical (unpaired) electrons. The molecule has 0 aliphatic carbocycles. The number of rotatable bonds is 4. The third kappa shape index (κ3) is 3.23. The summed E-state index contributed by atoms with van der Waals surface area (Å²) in [6.45, 7) is 2.08. The van der Waals surface area contributed by atoms with E-state index in [1.54, 1.807) is 24.3 Å². The zero-order chi connectivity index (χ0) is 15.4. The summed E-state index contributed by atoms with van der Waals surface area (Å²) < 4.78 is 5.85. The van der Waals surface area contributed by atoms with Crippen molar-refractivity contribution >= 4 is 6.29 Å². The predicted molar refractivity (Wildman–Crippen MR) is 88.5 cm³/mol. The van der Waals surface area contributed by atoms with E-state index >= 15 is 0 Å². The quantitative estimate of drug-likeness (QED) is 0.611. The standard InChI is InChI=1S/C20H16O2/c1-15-5-9-17(10-6-15)18-3-2-4-20(13-18)22-19-11-7-16(14-21)8-12-19/h2-14H,1H3. The second-order valence-electron chi connectivity index (χ2n) is 5.18. The van der Waals surface area contributed by atoms with Crippen LogP contribution in [0.5, 0.6) is 11.5 Å². The third-order valence-corrected chi connectivity index (χ3v) is 3.47. The molecular weight excluding hydrogens is 272 g/mol. The van der Waals surface area contributed by atoms with E-state index in [9.17, 15) is 4.79 Å². The Bertz CT molecular complexity index is 772. The molecule has 3 aromatic rings. The van der Waals surface area contributed by atoms with Crippen LogP contribution in [0.2, 0.25) is 0 Å². The number of aldehydes is 1. The molecule has 0 saturated heterocycles. The molecular formula is C20H16O2. The summed E-state index contributed by atoms with van der Waals surface area (Å²) >= 11 is 0. The predicted octanol–water partition coefficient (Wildman–Crippen LogP) is 5.27. The Labute approximate surface area is 130 Å². The number of carbonyl (C=O) groups excluding carboxylic acids is 1. The minimum atomic E-state index is 0.640. The van der Waals surface area contributed by atoms with E-state index in [0.29, 0.717) is 11.3 Å². The van der Waals surface area contributed by atoms with Gasteiger partial charge in [0.05, 0.1) is 0 Å². The molecule has 0 amide bonds. The summed E-state index contributed by atoms with van der Waals surface area (Å²) in [5.41, 5.74) is 4.15. The van der Waals surface area contributed by atoms with Crippen LogP contribution >= 0.6 is 0 Å². The lowest BCUT2D eigenvalue weighted by molar-refractivity contribution is 0.112. The van der Waals surface area contributed by atoms with Crippen LogP contribution in [0.15, 0.2) is 72.8 Å². The topological polar surface area (TPSA) is 26.3 Å². The van der Waals surface area contributed by atoms with Crippen molar-refractivity contribution in [3.05, 3.63) is 83.9 Å². The number of hydrogen-bond acceptors (Lipinski definition) is 2. The average molecular weight is 288 g/mol. The van der Waals surface area contributed by atoms with Crippen LogP contribution in [0.3, 0.4) is 0 Å². The van der Waals surface area contributed by atoms with Crippen LogP contribution in [-0.4, -0.2) is 6.29 Å². The molecule has 2 nitrogen and oxygen atoms in total. The van der Waals surface area contributed by atoms with Gasteiger partial charge >= 0.3 is 0 Å². The van der Waals surface area contributed by atoms with Gasteiger partial charge in [-0.3, -0.25) is 4.79 Å². The molecule has 0 aliphatic rings. The highest BCUT2D eigenvalue weighted by molar-refractivity contribution is 5.74. The second kappa shape index (κ2) is 6.27. The van der Waals surface area contributed by atoms with Crippen molar-refractivity contribution in [1.29, 1.82) is 0 Å². The highest BCUT2D eigenvalue weighted by Crippen LogP contribution is 2.27.